The molecule has 0 radical (unpaired) electrons. The Bertz CT molecular complexity index is 719. The number of aryl methyl sites for hydroxylation is 1. The maximum atomic E-state index is 12.3. The number of amides is 1. The lowest BCUT2D eigenvalue weighted by molar-refractivity contribution is 0.0974. The maximum Gasteiger partial charge on any atom is 0.261 e. The number of thiocarbonyl (C=S) groups is 1. The van der Waals surface area contributed by atoms with Crippen molar-refractivity contribution in [1.82, 2.24) is 5.32 Å². The van der Waals surface area contributed by atoms with Crippen LogP contribution in [-0.2, 0) is 0 Å². The minimum atomic E-state index is -0.302. The van der Waals surface area contributed by atoms with Gasteiger partial charge in [0.2, 0.25) is 0 Å². The van der Waals surface area contributed by atoms with Crippen LogP contribution in [-0.4, -0.2) is 18.1 Å². The molecule has 22 heavy (non-hydrogen) atoms. The van der Waals surface area contributed by atoms with E-state index < -0.39 is 0 Å². The highest BCUT2D eigenvalue weighted by Crippen LogP contribution is 2.23. The second kappa shape index (κ2) is 7.55. The van der Waals surface area contributed by atoms with Gasteiger partial charge in [-0.25, -0.2) is 0 Å². The smallest absolute Gasteiger partial charge is 0.261 e. The molecular weight excluding hydrogens is 411 g/mol. The third-order valence-corrected chi connectivity index (χ3v) is 4.15. The first-order valence-corrected chi connectivity index (χ1v) is 8.02. The van der Waals surface area contributed by atoms with Gasteiger partial charge in [0, 0.05) is 3.57 Å². The number of carbonyl (C=O) groups is 1. The molecule has 0 aliphatic heterocycles. The number of carbonyl (C=O) groups excluding carboxylic acids is 1. The van der Waals surface area contributed by atoms with E-state index in [0.29, 0.717) is 11.3 Å². The highest BCUT2D eigenvalue weighted by atomic mass is 127. The molecule has 0 heterocycles. The summed E-state index contributed by atoms with van der Waals surface area (Å²) >= 11 is 7.40. The lowest BCUT2D eigenvalue weighted by Crippen LogP contribution is -2.34. The fraction of sp³-hybridized carbons (Fsp3) is 0.125. The Morgan fingerprint density at radius 1 is 1.18 bits per heavy atom. The Balaban J connectivity index is 2.11. The van der Waals surface area contributed by atoms with Crippen LogP contribution < -0.4 is 15.4 Å². The lowest BCUT2D eigenvalue weighted by Gasteiger charge is -2.13. The Kier molecular flexibility index (Phi) is 5.73. The molecular formula is C16H15IN2O2S. The second-order valence-electron chi connectivity index (χ2n) is 4.54. The average Bonchev–Trinajstić information content (AvgIpc) is 2.49. The Labute approximate surface area is 148 Å². The summed E-state index contributed by atoms with van der Waals surface area (Å²) < 4.78 is 6.31. The van der Waals surface area contributed by atoms with Crippen LogP contribution in [0.5, 0.6) is 5.75 Å². The molecule has 4 nitrogen and oxygen atoms in total. The van der Waals surface area contributed by atoms with Crippen molar-refractivity contribution in [3.63, 3.8) is 0 Å². The van der Waals surface area contributed by atoms with Crippen molar-refractivity contribution >= 4 is 51.5 Å². The number of halogens is 1. The number of nitrogens with one attached hydrogen (secondary N) is 2. The molecule has 114 valence electrons. The largest absolute Gasteiger partial charge is 0.496 e. The van der Waals surface area contributed by atoms with Gasteiger partial charge < -0.3 is 10.1 Å². The summed E-state index contributed by atoms with van der Waals surface area (Å²) in [5, 5.41) is 5.93. The van der Waals surface area contributed by atoms with Crippen LogP contribution in [0.25, 0.3) is 0 Å². The first-order valence-electron chi connectivity index (χ1n) is 6.53. The van der Waals surface area contributed by atoms with Crippen molar-refractivity contribution in [3.8, 4) is 5.75 Å². The molecule has 0 bridgehead atoms. The summed E-state index contributed by atoms with van der Waals surface area (Å²) in [7, 11) is 1.54. The molecule has 2 aromatic rings. The standard InChI is InChI=1S/C16H15IN2O2S/c1-10-6-5-7-11(14(10)21-2)15(20)19-16(22)18-13-9-4-3-8-12(13)17/h3-9H,1-2H3,(H2,18,19,20,22). The van der Waals surface area contributed by atoms with Gasteiger partial charge >= 0.3 is 0 Å². The number of para-hydroxylation sites is 2. The number of hydrogen-bond donors (Lipinski definition) is 2. The Hall–Kier alpha value is -1.67. The molecule has 2 N–H and O–H groups in total. The molecule has 0 unspecified atom stereocenters. The molecule has 2 aromatic carbocycles. The molecule has 0 atom stereocenters. The fourth-order valence-corrected chi connectivity index (χ4v) is 2.71. The number of ether oxygens (including phenoxy) is 1. The summed E-state index contributed by atoms with van der Waals surface area (Å²) in [5.74, 6) is 0.251. The van der Waals surface area contributed by atoms with E-state index in [-0.39, 0.29) is 11.0 Å². The predicted octanol–water partition coefficient (Wildman–Crippen LogP) is 3.74. The molecule has 6 heteroatoms. The number of anilines is 1. The number of benzene rings is 2. The minimum absolute atomic E-state index is 0.248. The van der Waals surface area contributed by atoms with Gasteiger partial charge in [-0.1, -0.05) is 24.3 Å². The first-order chi connectivity index (χ1) is 10.5. The minimum Gasteiger partial charge on any atom is -0.496 e. The normalized spacial score (nSPS) is 9.95. The zero-order valence-corrected chi connectivity index (χ0v) is 15.1. The number of methoxy groups -OCH3 is 1. The van der Waals surface area contributed by atoms with Crippen molar-refractivity contribution in [2.24, 2.45) is 0 Å². The monoisotopic (exact) mass is 426 g/mol. The van der Waals surface area contributed by atoms with Crippen LogP contribution in [0.15, 0.2) is 42.5 Å². The van der Waals surface area contributed by atoms with Gasteiger partial charge in [-0.3, -0.25) is 10.1 Å². The SMILES string of the molecule is COc1c(C)cccc1C(=O)NC(=S)Nc1ccccc1I. The van der Waals surface area contributed by atoms with Crippen molar-refractivity contribution in [1.29, 1.82) is 0 Å². The van der Waals surface area contributed by atoms with E-state index in [9.17, 15) is 4.79 Å². The third kappa shape index (κ3) is 3.95. The van der Waals surface area contributed by atoms with E-state index in [1.165, 1.54) is 0 Å². The second-order valence-corrected chi connectivity index (χ2v) is 6.11. The van der Waals surface area contributed by atoms with E-state index in [0.717, 1.165) is 14.8 Å². The third-order valence-electron chi connectivity index (χ3n) is 3.01. The van der Waals surface area contributed by atoms with Gasteiger partial charge in [-0.2, -0.15) is 0 Å². The van der Waals surface area contributed by atoms with Gasteiger partial charge in [0.25, 0.3) is 5.91 Å². The predicted molar refractivity (Wildman–Crippen MR) is 101 cm³/mol. The first kappa shape index (κ1) is 16.7. The molecule has 0 saturated carbocycles. The number of hydrogen-bond acceptors (Lipinski definition) is 3. The lowest BCUT2D eigenvalue weighted by atomic mass is 10.1. The summed E-state index contributed by atoms with van der Waals surface area (Å²) in [6, 6.07) is 13.1. The van der Waals surface area contributed by atoms with Crippen molar-refractivity contribution in [3.05, 3.63) is 57.2 Å². The van der Waals surface area contributed by atoms with Crippen LogP contribution in [0.1, 0.15) is 15.9 Å². The van der Waals surface area contributed by atoms with Crippen LogP contribution in [0.4, 0.5) is 5.69 Å². The molecule has 0 spiro atoms. The van der Waals surface area contributed by atoms with Gasteiger partial charge in [0.05, 0.1) is 18.4 Å². The summed E-state index contributed by atoms with van der Waals surface area (Å²) in [5.41, 5.74) is 2.20. The molecule has 0 aromatic heterocycles. The summed E-state index contributed by atoms with van der Waals surface area (Å²) in [4.78, 5) is 12.3. The highest BCUT2D eigenvalue weighted by Gasteiger charge is 2.15. The Morgan fingerprint density at radius 3 is 2.59 bits per heavy atom. The molecule has 0 fully saturated rings. The fourth-order valence-electron chi connectivity index (χ4n) is 1.99. The number of rotatable bonds is 3. The summed E-state index contributed by atoms with van der Waals surface area (Å²) in [6.45, 7) is 1.89. The summed E-state index contributed by atoms with van der Waals surface area (Å²) in [6.07, 6.45) is 0. The van der Waals surface area contributed by atoms with Crippen LogP contribution in [0.2, 0.25) is 0 Å². The van der Waals surface area contributed by atoms with Crippen molar-refractivity contribution in [2.75, 3.05) is 12.4 Å². The average molecular weight is 426 g/mol. The van der Waals surface area contributed by atoms with Crippen molar-refractivity contribution in [2.45, 2.75) is 6.92 Å². The van der Waals surface area contributed by atoms with E-state index in [2.05, 4.69) is 33.2 Å². The Morgan fingerprint density at radius 2 is 1.91 bits per heavy atom. The molecule has 0 saturated heterocycles. The van der Waals surface area contributed by atoms with E-state index in [4.69, 9.17) is 17.0 Å². The quantitative estimate of drug-likeness (QED) is 0.580. The molecule has 0 aliphatic carbocycles. The van der Waals surface area contributed by atoms with Gasteiger partial charge in [0.1, 0.15) is 5.75 Å². The van der Waals surface area contributed by atoms with Crippen LogP contribution in [0, 0.1) is 10.5 Å². The van der Waals surface area contributed by atoms with Gasteiger partial charge in [0.15, 0.2) is 5.11 Å². The van der Waals surface area contributed by atoms with Crippen LogP contribution >= 0.6 is 34.8 Å². The topological polar surface area (TPSA) is 50.4 Å². The molecule has 1 amide bonds. The van der Waals surface area contributed by atoms with Gasteiger partial charge in [-0.05, 0) is 65.5 Å². The zero-order chi connectivity index (χ0) is 16.1. The zero-order valence-electron chi connectivity index (χ0n) is 12.1. The van der Waals surface area contributed by atoms with E-state index in [1.807, 2.05) is 43.3 Å². The maximum absolute atomic E-state index is 12.3. The van der Waals surface area contributed by atoms with Crippen molar-refractivity contribution < 1.29 is 9.53 Å². The van der Waals surface area contributed by atoms with Gasteiger partial charge in [-0.15, -0.1) is 0 Å². The van der Waals surface area contributed by atoms with E-state index >= 15 is 0 Å². The molecule has 2 rings (SSSR count). The highest BCUT2D eigenvalue weighted by molar-refractivity contribution is 14.1. The van der Waals surface area contributed by atoms with E-state index in [1.54, 1.807) is 13.2 Å². The van der Waals surface area contributed by atoms with Crippen LogP contribution in [0.3, 0.4) is 0 Å². The molecule has 0 aliphatic rings.